The number of rotatable bonds is 1. The second-order valence-electron chi connectivity index (χ2n) is 4.74. The number of nitrogens with one attached hydrogen (secondary N) is 1. The lowest BCUT2D eigenvalue weighted by Crippen LogP contribution is -2.52. The van der Waals surface area contributed by atoms with Crippen LogP contribution in [0.25, 0.3) is 0 Å². The highest BCUT2D eigenvalue weighted by molar-refractivity contribution is 7.91. The first-order valence-electron chi connectivity index (χ1n) is 5.70. The number of hydrogen-bond donors (Lipinski definition) is 1. The molecule has 0 bridgehead atoms. The molecule has 2 unspecified atom stereocenters. The average molecular weight is 246 g/mol. The first-order chi connectivity index (χ1) is 7.48. The lowest BCUT2D eigenvalue weighted by Gasteiger charge is -2.33. The molecule has 2 aliphatic heterocycles. The van der Waals surface area contributed by atoms with E-state index < -0.39 is 9.84 Å². The van der Waals surface area contributed by atoms with Crippen molar-refractivity contribution in [1.82, 2.24) is 10.2 Å². The van der Waals surface area contributed by atoms with E-state index in [1.165, 1.54) is 0 Å². The summed E-state index contributed by atoms with van der Waals surface area (Å²) in [4.78, 5) is 13.9. The van der Waals surface area contributed by atoms with E-state index in [0.29, 0.717) is 25.6 Å². The van der Waals surface area contributed by atoms with Gasteiger partial charge in [-0.15, -0.1) is 0 Å². The molecule has 2 saturated heterocycles. The number of hydrogen-bond acceptors (Lipinski definition) is 4. The molecule has 16 heavy (non-hydrogen) atoms. The molecule has 0 aromatic carbocycles. The Kier molecular flexibility index (Phi) is 3.21. The maximum atomic E-state index is 12.1. The fraction of sp³-hybridized carbons (Fsp3) is 0.900. The minimum Gasteiger partial charge on any atom is -0.340 e. The zero-order valence-electron chi connectivity index (χ0n) is 9.48. The quantitative estimate of drug-likeness (QED) is 0.660. The van der Waals surface area contributed by atoms with Gasteiger partial charge >= 0.3 is 0 Å². The molecule has 1 amide bonds. The SMILES string of the molecule is CC1CN(C(=O)C2CCS(=O)(=O)C2)CCN1. The Bertz CT molecular complexity index is 380. The standard InChI is InChI=1S/C10H18N2O3S/c1-8-6-12(4-3-11-8)10(13)9-2-5-16(14,15)7-9/h8-9,11H,2-7H2,1H3. The van der Waals surface area contributed by atoms with Crippen molar-refractivity contribution in [2.24, 2.45) is 5.92 Å². The second kappa shape index (κ2) is 4.33. The van der Waals surface area contributed by atoms with Gasteiger partial charge in [0.2, 0.25) is 5.91 Å². The zero-order chi connectivity index (χ0) is 11.8. The molecule has 1 N–H and O–H groups in total. The normalized spacial score (nSPS) is 33.9. The van der Waals surface area contributed by atoms with Crippen molar-refractivity contribution in [1.29, 1.82) is 0 Å². The molecule has 0 spiro atoms. The molecule has 2 aliphatic rings. The van der Waals surface area contributed by atoms with E-state index in [1.807, 2.05) is 6.92 Å². The summed E-state index contributed by atoms with van der Waals surface area (Å²) in [6, 6.07) is 0.302. The Labute approximate surface area is 96.1 Å². The molecule has 0 aliphatic carbocycles. The van der Waals surface area contributed by atoms with Crippen molar-refractivity contribution >= 4 is 15.7 Å². The first kappa shape index (κ1) is 11.9. The van der Waals surface area contributed by atoms with Crippen LogP contribution in [0.4, 0.5) is 0 Å². The van der Waals surface area contributed by atoms with E-state index in [9.17, 15) is 13.2 Å². The van der Waals surface area contributed by atoms with Crippen molar-refractivity contribution in [3.63, 3.8) is 0 Å². The summed E-state index contributed by atoms with van der Waals surface area (Å²) in [5, 5.41) is 3.26. The van der Waals surface area contributed by atoms with Crippen LogP contribution in [0.15, 0.2) is 0 Å². The van der Waals surface area contributed by atoms with E-state index in [4.69, 9.17) is 0 Å². The Morgan fingerprint density at radius 1 is 1.44 bits per heavy atom. The van der Waals surface area contributed by atoms with Gasteiger partial charge in [-0.1, -0.05) is 0 Å². The summed E-state index contributed by atoms with van der Waals surface area (Å²) in [5.74, 6) is -0.0559. The molecule has 0 saturated carbocycles. The molecule has 6 heteroatoms. The van der Waals surface area contributed by atoms with Crippen molar-refractivity contribution in [2.45, 2.75) is 19.4 Å². The van der Waals surface area contributed by atoms with E-state index in [0.717, 1.165) is 6.54 Å². The van der Waals surface area contributed by atoms with Gasteiger partial charge in [0.25, 0.3) is 0 Å². The van der Waals surface area contributed by atoms with E-state index in [2.05, 4.69) is 5.32 Å². The van der Waals surface area contributed by atoms with Crippen molar-refractivity contribution in [3.05, 3.63) is 0 Å². The average Bonchev–Trinajstić information content (AvgIpc) is 2.58. The minimum atomic E-state index is -2.96. The molecule has 0 radical (unpaired) electrons. The topological polar surface area (TPSA) is 66.5 Å². The predicted molar refractivity (Wildman–Crippen MR) is 60.8 cm³/mol. The maximum Gasteiger partial charge on any atom is 0.226 e. The van der Waals surface area contributed by atoms with Crippen LogP contribution in [0.1, 0.15) is 13.3 Å². The summed E-state index contributed by atoms with van der Waals surface area (Å²) in [7, 11) is -2.96. The zero-order valence-corrected chi connectivity index (χ0v) is 10.3. The molecule has 0 aromatic heterocycles. The number of nitrogens with zero attached hydrogens (tertiary/aromatic N) is 1. The van der Waals surface area contributed by atoms with Gasteiger partial charge in [0.05, 0.1) is 17.4 Å². The molecule has 92 valence electrons. The maximum absolute atomic E-state index is 12.1. The summed E-state index contributed by atoms with van der Waals surface area (Å²) in [6.45, 7) is 4.21. The molecule has 2 fully saturated rings. The fourth-order valence-corrected chi connectivity index (χ4v) is 4.11. The molecule has 5 nitrogen and oxygen atoms in total. The number of piperazine rings is 1. The number of amides is 1. The molecule has 2 rings (SSSR count). The predicted octanol–water partition coefficient (Wildman–Crippen LogP) is -0.759. The smallest absolute Gasteiger partial charge is 0.226 e. The van der Waals surface area contributed by atoms with Crippen LogP contribution in [-0.4, -0.2) is 56.4 Å². The van der Waals surface area contributed by atoms with Gasteiger partial charge in [-0.05, 0) is 13.3 Å². The molecular formula is C10H18N2O3S. The lowest BCUT2D eigenvalue weighted by molar-refractivity contribution is -0.135. The van der Waals surface area contributed by atoms with Crippen LogP contribution >= 0.6 is 0 Å². The lowest BCUT2D eigenvalue weighted by atomic mass is 10.1. The van der Waals surface area contributed by atoms with Gasteiger partial charge in [-0.25, -0.2) is 8.42 Å². The number of carbonyl (C=O) groups excluding carboxylic acids is 1. The van der Waals surface area contributed by atoms with Gasteiger partial charge < -0.3 is 10.2 Å². The second-order valence-corrected chi connectivity index (χ2v) is 6.97. The van der Waals surface area contributed by atoms with Gasteiger partial charge in [-0.3, -0.25) is 4.79 Å². The third kappa shape index (κ3) is 2.55. The molecule has 2 atom stereocenters. The van der Waals surface area contributed by atoms with Gasteiger partial charge in [-0.2, -0.15) is 0 Å². The van der Waals surface area contributed by atoms with Crippen LogP contribution in [0.3, 0.4) is 0 Å². The summed E-state index contributed by atoms with van der Waals surface area (Å²) >= 11 is 0. The van der Waals surface area contributed by atoms with E-state index in [1.54, 1.807) is 4.90 Å². The largest absolute Gasteiger partial charge is 0.340 e. The van der Waals surface area contributed by atoms with Crippen LogP contribution in [0.2, 0.25) is 0 Å². The van der Waals surface area contributed by atoms with Crippen LogP contribution in [0, 0.1) is 5.92 Å². The highest BCUT2D eigenvalue weighted by Crippen LogP contribution is 2.21. The monoisotopic (exact) mass is 246 g/mol. The van der Waals surface area contributed by atoms with Crippen LogP contribution < -0.4 is 5.32 Å². The van der Waals surface area contributed by atoms with Crippen molar-refractivity contribution in [3.8, 4) is 0 Å². The van der Waals surface area contributed by atoms with Gasteiger partial charge in [0, 0.05) is 25.7 Å². The van der Waals surface area contributed by atoms with Crippen molar-refractivity contribution < 1.29 is 13.2 Å². The highest BCUT2D eigenvalue weighted by atomic mass is 32.2. The Morgan fingerprint density at radius 2 is 2.19 bits per heavy atom. The molecule has 0 aromatic rings. The Hall–Kier alpha value is -0.620. The summed E-state index contributed by atoms with van der Waals surface area (Å²) < 4.78 is 22.6. The van der Waals surface area contributed by atoms with E-state index in [-0.39, 0.29) is 23.3 Å². The Balaban J connectivity index is 1.97. The fourth-order valence-electron chi connectivity index (χ4n) is 2.38. The van der Waals surface area contributed by atoms with Crippen LogP contribution in [0.5, 0.6) is 0 Å². The van der Waals surface area contributed by atoms with Crippen LogP contribution in [-0.2, 0) is 14.6 Å². The van der Waals surface area contributed by atoms with E-state index >= 15 is 0 Å². The third-order valence-electron chi connectivity index (χ3n) is 3.26. The molecular weight excluding hydrogens is 228 g/mol. The highest BCUT2D eigenvalue weighted by Gasteiger charge is 2.36. The Morgan fingerprint density at radius 3 is 2.75 bits per heavy atom. The number of carbonyl (C=O) groups is 1. The number of sulfone groups is 1. The van der Waals surface area contributed by atoms with Crippen molar-refractivity contribution in [2.75, 3.05) is 31.1 Å². The van der Waals surface area contributed by atoms with Gasteiger partial charge in [0.1, 0.15) is 0 Å². The van der Waals surface area contributed by atoms with Gasteiger partial charge in [0.15, 0.2) is 9.84 Å². The minimum absolute atomic E-state index is 0.0226. The third-order valence-corrected chi connectivity index (χ3v) is 5.03. The first-order valence-corrected chi connectivity index (χ1v) is 7.53. The summed E-state index contributed by atoms with van der Waals surface area (Å²) in [6.07, 6.45) is 0.499. The summed E-state index contributed by atoms with van der Waals surface area (Å²) in [5.41, 5.74) is 0. The molecule has 2 heterocycles.